The number of rotatable bonds is 8. The zero-order chi connectivity index (χ0) is 27.9. The number of carbonyl (C=O) groups excluding carboxylic acids is 2. The number of hydrogen-bond acceptors (Lipinski definition) is 7. The van der Waals surface area contributed by atoms with Gasteiger partial charge in [0.2, 0.25) is 5.88 Å². The molecule has 10 heteroatoms. The van der Waals surface area contributed by atoms with Gasteiger partial charge in [0.25, 0.3) is 0 Å². The first kappa shape index (κ1) is 28.0. The molecule has 1 unspecified atom stereocenters. The van der Waals surface area contributed by atoms with Crippen molar-refractivity contribution in [2.24, 2.45) is 0 Å². The van der Waals surface area contributed by atoms with Crippen molar-refractivity contribution < 1.29 is 19.1 Å². The Kier molecular flexibility index (Phi) is 9.26. The molecule has 5 rings (SSSR count). The number of carbonyl (C=O) groups is 2. The second-order valence-corrected chi connectivity index (χ2v) is 11.0. The number of benzene rings is 1. The maximum atomic E-state index is 12.5. The van der Waals surface area contributed by atoms with E-state index in [9.17, 15) is 9.59 Å². The molecule has 1 saturated carbocycles. The van der Waals surface area contributed by atoms with Gasteiger partial charge < -0.3 is 29.9 Å². The van der Waals surface area contributed by atoms with Crippen LogP contribution in [0.5, 0.6) is 5.88 Å². The molecule has 3 amide bonds. The predicted molar refractivity (Wildman–Crippen MR) is 156 cm³/mol. The van der Waals surface area contributed by atoms with E-state index in [0.717, 1.165) is 69.7 Å². The summed E-state index contributed by atoms with van der Waals surface area (Å²) in [5.74, 6) is 0.600. The smallest absolute Gasteiger partial charge is 0.409 e. The van der Waals surface area contributed by atoms with Gasteiger partial charge >= 0.3 is 12.1 Å². The highest BCUT2D eigenvalue weighted by Crippen LogP contribution is 2.28. The minimum atomic E-state index is -0.309. The Hall–Kier alpha value is -3.53. The molecule has 40 heavy (non-hydrogen) atoms. The van der Waals surface area contributed by atoms with Crippen molar-refractivity contribution in [1.29, 1.82) is 0 Å². The van der Waals surface area contributed by atoms with Crippen LogP contribution in [0.2, 0.25) is 0 Å². The van der Waals surface area contributed by atoms with Crippen molar-refractivity contribution in [3.8, 4) is 5.88 Å². The number of pyridine rings is 1. The van der Waals surface area contributed by atoms with Crippen molar-refractivity contribution in [1.82, 2.24) is 14.8 Å². The number of nitrogens with zero attached hydrogens (tertiary/aromatic N) is 4. The first-order chi connectivity index (χ1) is 19.5. The number of likely N-dealkylation sites (N-methyl/N-ethyl adjacent to an activating group) is 1. The van der Waals surface area contributed by atoms with Gasteiger partial charge in [0.05, 0.1) is 18.5 Å². The standard InChI is InChI=1S/C30H42N6O4/c1-3-39-30(38)35-17-14-24(15-18-35)34(2)26-16-19-36(21-26)25-11-8-22(9-12-25)32-29(37)33-23-10-13-28(31-20-23)40-27-6-4-5-7-27/h8-13,20,24,26-27H,3-7,14-19,21H2,1-2H3,(H2,32,33,37). The minimum absolute atomic E-state index is 0.193. The fourth-order valence-electron chi connectivity index (χ4n) is 6.03. The van der Waals surface area contributed by atoms with Crippen LogP contribution in [0.25, 0.3) is 0 Å². The number of likely N-dealkylation sites (tertiary alicyclic amines) is 1. The molecule has 1 aromatic heterocycles. The number of urea groups is 1. The molecule has 3 heterocycles. The Morgan fingerprint density at radius 3 is 2.27 bits per heavy atom. The summed E-state index contributed by atoms with van der Waals surface area (Å²) in [4.78, 5) is 35.6. The summed E-state index contributed by atoms with van der Waals surface area (Å²) in [5.41, 5.74) is 2.50. The van der Waals surface area contributed by atoms with E-state index in [4.69, 9.17) is 9.47 Å². The number of hydrogen-bond donors (Lipinski definition) is 2. The molecule has 3 fully saturated rings. The summed E-state index contributed by atoms with van der Waals surface area (Å²) >= 11 is 0. The molecule has 0 radical (unpaired) electrons. The zero-order valence-corrected chi connectivity index (χ0v) is 23.7. The Bertz CT molecular complexity index is 1110. The SMILES string of the molecule is CCOC(=O)N1CCC(N(C)C2CCN(c3ccc(NC(=O)Nc4ccc(OC5CCCC5)nc4)cc3)C2)CC1. The van der Waals surface area contributed by atoms with Gasteiger partial charge in [-0.3, -0.25) is 4.90 Å². The van der Waals surface area contributed by atoms with Crippen molar-refractivity contribution in [3.63, 3.8) is 0 Å². The van der Waals surface area contributed by atoms with E-state index in [1.165, 1.54) is 12.8 Å². The van der Waals surface area contributed by atoms with Gasteiger partial charge in [-0.1, -0.05) is 0 Å². The van der Waals surface area contributed by atoms with Gasteiger partial charge in [0.1, 0.15) is 6.10 Å². The number of nitrogens with one attached hydrogen (secondary N) is 2. The number of piperidine rings is 1. The van der Waals surface area contributed by atoms with E-state index in [2.05, 4.69) is 44.6 Å². The van der Waals surface area contributed by atoms with Crippen LogP contribution in [-0.2, 0) is 4.74 Å². The van der Waals surface area contributed by atoms with Crippen molar-refractivity contribution in [3.05, 3.63) is 42.6 Å². The lowest BCUT2D eigenvalue weighted by molar-refractivity contribution is 0.0726. The third-order valence-corrected chi connectivity index (χ3v) is 8.38. The lowest BCUT2D eigenvalue weighted by Gasteiger charge is -2.39. The van der Waals surface area contributed by atoms with Gasteiger partial charge in [0, 0.05) is 55.7 Å². The molecule has 2 N–H and O–H groups in total. The van der Waals surface area contributed by atoms with Crippen LogP contribution in [0.1, 0.15) is 51.9 Å². The lowest BCUT2D eigenvalue weighted by Crippen LogP contribution is -2.49. The van der Waals surface area contributed by atoms with E-state index in [1.54, 1.807) is 12.3 Å². The van der Waals surface area contributed by atoms with Gasteiger partial charge in [-0.05, 0) is 89.2 Å². The van der Waals surface area contributed by atoms with E-state index >= 15 is 0 Å². The molecular weight excluding hydrogens is 508 g/mol. The van der Waals surface area contributed by atoms with Crippen LogP contribution in [0.4, 0.5) is 26.7 Å². The average molecular weight is 551 g/mol. The molecule has 2 saturated heterocycles. The topological polar surface area (TPSA) is 99.3 Å². The van der Waals surface area contributed by atoms with E-state index < -0.39 is 0 Å². The van der Waals surface area contributed by atoms with Crippen LogP contribution in [-0.4, -0.2) is 84.9 Å². The lowest BCUT2D eigenvalue weighted by atomic mass is 10.0. The Balaban J connectivity index is 1.06. The van der Waals surface area contributed by atoms with E-state index in [0.29, 0.717) is 30.3 Å². The number of aromatic nitrogens is 1. The minimum Gasteiger partial charge on any atom is -0.474 e. The van der Waals surface area contributed by atoms with Crippen LogP contribution < -0.4 is 20.3 Å². The zero-order valence-electron chi connectivity index (χ0n) is 23.7. The molecule has 1 aromatic carbocycles. The molecule has 216 valence electrons. The second-order valence-electron chi connectivity index (χ2n) is 11.0. The summed E-state index contributed by atoms with van der Waals surface area (Å²) in [6.07, 6.45) is 9.32. The third-order valence-electron chi connectivity index (χ3n) is 8.38. The monoisotopic (exact) mass is 550 g/mol. The first-order valence-corrected chi connectivity index (χ1v) is 14.7. The highest BCUT2D eigenvalue weighted by molar-refractivity contribution is 5.99. The van der Waals surface area contributed by atoms with Crippen molar-refractivity contribution in [2.75, 3.05) is 55.4 Å². The van der Waals surface area contributed by atoms with Crippen LogP contribution in [0.3, 0.4) is 0 Å². The molecule has 3 aliphatic rings. The maximum absolute atomic E-state index is 12.5. The molecule has 10 nitrogen and oxygen atoms in total. The quantitative estimate of drug-likeness (QED) is 0.467. The fourth-order valence-corrected chi connectivity index (χ4v) is 6.03. The van der Waals surface area contributed by atoms with Crippen LogP contribution in [0.15, 0.2) is 42.6 Å². The summed E-state index contributed by atoms with van der Waals surface area (Å²) in [5, 5.41) is 5.73. The number of anilines is 3. The van der Waals surface area contributed by atoms with Gasteiger partial charge in [-0.25, -0.2) is 14.6 Å². The Labute approximate surface area is 237 Å². The van der Waals surface area contributed by atoms with Gasteiger partial charge in [0.15, 0.2) is 0 Å². The highest BCUT2D eigenvalue weighted by Gasteiger charge is 2.32. The largest absolute Gasteiger partial charge is 0.474 e. The Morgan fingerprint density at radius 2 is 1.60 bits per heavy atom. The molecule has 2 aromatic rings. The third kappa shape index (κ3) is 7.15. The molecule has 2 aliphatic heterocycles. The van der Waals surface area contributed by atoms with Crippen LogP contribution in [0, 0.1) is 0 Å². The molecule has 1 aliphatic carbocycles. The number of ether oxygens (including phenoxy) is 2. The van der Waals surface area contributed by atoms with E-state index in [1.807, 2.05) is 30.0 Å². The molecule has 0 spiro atoms. The summed E-state index contributed by atoms with van der Waals surface area (Å²) in [6, 6.07) is 12.3. The Morgan fingerprint density at radius 1 is 0.925 bits per heavy atom. The van der Waals surface area contributed by atoms with Crippen molar-refractivity contribution in [2.45, 2.75) is 70.1 Å². The number of amides is 3. The first-order valence-electron chi connectivity index (χ1n) is 14.7. The summed E-state index contributed by atoms with van der Waals surface area (Å²) in [7, 11) is 2.22. The maximum Gasteiger partial charge on any atom is 0.409 e. The normalized spacial score (nSPS) is 20.1. The highest BCUT2D eigenvalue weighted by atomic mass is 16.6. The molecule has 1 atom stereocenters. The van der Waals surface area contributed by atoms with Gasteiger partial charge in [-0.15, -0.1) is 0 Å². The van der Waals surface area contributed by atoms with Crippen molar-refractivity contribution >= 4 is 29.2 Å². The average Bonchev–Trinajstić information content (AvgIpc) is 3.67. The van der Waals surface area contributed by atoms with Crippen LogP contribution >= 0.6 is 0 Å². The molecular formula is C30H42N6O4. The van der Waals surface area contributed by atoms with E-state index in [-0.39, 0.29) is 18.2 Å². The second kappa shape index (κ2) is 13.2. The molecule has 0 bridgehead atoms. The fraction of sp³-hybridized carbons (Fsp3) is 0.567. The predicted octanol–water partition coefficient (Wildman–Crippen LogP) is 5.18. The summed E-state index contributed by atoms with van der Waals surface area (Å²) < 4.78 is 11.0. The summed E-state index contributed by atoms with van der Waals surface area (Å²) in [6.45, 7) is 5.74. The van der Waals surface area contributed by atoms with Gasteiger partial charge in [-0.2, -0.15) is 0 Å².